The van der Waals surface area contributed by atoms with Crippen molar-refractivity contribution in [1.82, 2.24) is 14.6 Å². The summed E-state index contributed by atoms with van der Waals surface area (Å²) in [5.74, 6) is 6.59. The first-order chi connectivity index (χ1) is 7.31. The van der Waals surface area contributed by atoms with E-state index in [1.54, 1.807) is 6.20 Å². The molecule has 15 heavy (non-hydrogen) atoms. The van der Waals surface area contributed by atoms with Gasteiger partial charge in [-0.1, -0.05) is 5.92 Å². The molecule has 0 radical (unpaired) electrons. The maximum atomic E-state index is 4.30. The molecule has 0 amide bonds. The third-order valence-electron chi connectivity index (χ3n) is 2.03. The van der Waals surface area contributed by atoms with Gasteiger partial charge in [0.2, 0.25) is 0 Å². The maximum Gasteiger partial charge on any atom is 0.152 e. The van der Waals surface area contributed by atoms with Crippen LogP contribution >= 0.6 is 0 Å². The lowest BCUT2D eigenvalue weighted by Crippen LogP contribution is -2.03. The Morgan fingerprint density at radius 3 is 3.20 bits per heavy atom. The van der Waals surface area contributed by atoms with E-state index in [1.165, 1.54) is 0 Å². The summed E-state index contributed by atoms with van der Waals surface area (Å²) in [7, 11) is 0. The van der Waals surface area contributed by atoms with E-state index in [0.717, 1.165) is 17.0 Å². The van der Waals surface area contributed by atoms with Crippen LogP contribution in [-0.4, -0.2) is 21.1 Å². The third kappa shape index (κ3) is 1.91. The first kappa shape index (κ1) is 9.53. The minimum Gasteiger partial charge on any atom is -0.357 e. The van der Waals surface area contributed by atoms with E-state index in [1.807, 2.05) is 30.6 Å². The van der Waals surface area contributed by atoms with Crippen molar-refractivity contribution in [1.29, 1.82) is 0 Å². The Bertz CT molecular complexity index is 530. The Kier molecular flexibility index (Phi) is 2.55. The van der Waals surface area contributed by atoms with Gasteiger partial charge in [0.1, 0.15) is 5.52 Å². The van der Waals surface area contributed by atoms with E-state index in [2.05, 4.69) is 27.2 Å². The van der Waals surface area contributed by atoms with E-state index in [-0.39, 0.29) is 0 Å². The largest absolute Gasteiger partial charge is 0.357 e. The Labute approximate surface area is 88.3 Å². The molecule has 2 aromatic heterocycles. The molecule has 4 nitrogen and oxygen atoms in total. The highest BCUT2D eigenvalue weighted by Crippen LogP contribution is 2.13. The Balaban J connectivity index is 2.36. The van der Waals surface area contributed by atoms with Crippen molar-refractivity contribution in [2.75, 3.05) is 11.9 Å². The molecule has 0 bridgehead atoms. The van der Waals surface area contributed by atoms with Gasteiger partial charge in [0.25, 0.3) is 0 Å². The number of aryl methyl sites for hydroxylation is 1. The zero-order valence-electron chi connectivity index (χ0n) is 8.78. The second-order valence-electron chi connectivity index (χ2n) is 3.17. The number of nitrogens with zero attached hydrogens (tertiary/aromatic N) is 3. The molecule has 2 heterocycles. The van der Waals surface area contributed by atoms with E-state index < -0.39 is 0 Å². The number of fused-ring (bicyclic) bond motifs is 1. The van der Waals surface area contributed by atoms with Crippen molar-refractivity contribution >= 4 is 11.3 Å². The summed E-state index contributed by atoms with van der Waals surface area (Å²) in [6, 6.07) is 1.99. The average Bonchev–Trinajstić information content (AvgIpc) is 2.59. The van der Waals surface area contributed by atoms with Gasteiger partial charge >= 0.3 is 0 Å². The highest BCUT2D eigenvalue weighted by molar-refractivity contribution is 5.67. The smallest absolute Gasteiger partial charge is 0.152 e. The monoisotopic (exact) mass is 200 g/mol. The minimum absolute atomic E-state index is 0.605. The number of hydrogen-bond donors (Lipinski definition) is 1. The topological polar surface area (TPSA) is 42.2 Å². The van der Waals surface area contributed by atoms with Crippen LogP contribution in [0.3, 0.4) is 0 Å². The van der Waals surface area contributed by atoms with Gasteiger partial charge in [-0.25, -0.2) is 9.50 Å². The molecule has 0 unspecified atom stereocenters. The lowest BCUT2D eigenvalue weighted by atomic mass is 10.4. The molecule has 0 aliphatic rings. The fourth-order valence-corrected chi connectivity index (χ4v) is 1.40. The number of rotatable bonds is 2. The van der Waals surface area contributed by atoms with Crippen LogP contribution in [0.2, 0.25) is 0 Å². The van der Waals surface area contributed by atoms with Crippen molar-refractivity contribution in [2.45, 2.75) is 13.8 Å². The first-order valence-electron chi connectivity index (χ1n) is 4.76. The van der Waals surface area contributed by atoms with Crippen molar-refractivity contribution in [3.8, 4) is 11.8 Å². The van der Waals surface area contributed by atoms with Crippen LogP contribution in [-0.2, 0) is 0 Å². The van der Waals surface area contributed by atoms with E-state index >= 15 is 0 Å². The molecule has 0 fully saturated rings. The predicted molar refractivity (Wildman–Crippen MR) is 59.7 cm³/mol. The molecule has 0 aromatic carbocycles. The van der Waals surface area contributed by atoms with Crippen molar-refractivity contribution < 1.29 is 0 Å². The number of nitrogens with one attached hydrogen (secondary N) is 1. The molecule has 2 aromatic rings. The van der Waals surface area contributed by atoms with Crippen LogP contribution in [0, 0.1) is 18.8 Å². The number of anilines is 1. The van der Waals surface area contributed by atoms with Gasteiger partial charge in [-0.05, 0) is 19.9 Å². The first-order valence-corrected chi connectivity index (χ1v) is 4.76. The lowest BCUT2D eigenvalue weighted by Gasteiger charge is -2.02. The van der Waals surface area contributed by atoms with E-state index in [9.17, 15) is 0 Å². The molecule has 0 atom stereocenters. The minimum atomic E-state index is 0.605. The fourth-order valence-electron chi connectivity index (χ4n) is 1.40. The van der Waals surface area contributed by atoms with Crippen LogP contribution in [0.15, 0.2) is 18.5 Å². The van der Waals surface area contributed by atoms with Crippen LogP contribution in [0.1, 0.15) is 12.6 Å². The summed E-state index contributed by atoms with van der Waals surface area (Å²) in [5.41, 5.74) is 1.96. The lowest BCUT2D eigenvalue weighted by molar-refractivity contribution is 0.922. The van der Waals surface area contributed by atoms with Gasteiger partial charge in [-0.3, -0.25) is 0 Å². The Morgan fingerprint density at radius 1 is 1.53 bits per heavy atom. The summed E-state index contributed by atoms with van der Waals surface area (Å²) in [6.07, 6.45) is 3.56. The molecule has 2 rings (SSSR count). The molecule has 0 saturated carbocycles. The second kappa shape index (κ2) is 4.01. The zero-order chi connectivity index (χ0) is 10.7. The van der Waals surface area contributed by atoms with Gasteiger partial charge < -0.3 is 5.32 Å². The van der Waals surface area contributed by atoms with Crippen LogP contribution < -0.4 is 5.32 Å². The molecule has 0 aliphatic heterocycles. The predicted octanol–water partition coefficient (Wildman–Crippen LogP) is 1.47. The highest BCUT2D eigenvalue weighted by atomic mass is 15.2. The zero-order valence-corrected chi connectivity index (χ0v) is 8.78. The van der Waals surface area contributed by atoms with Gasteiger partial charge in [0.15, 0.2) is 5.82 Å². The summed E-state index contributed by atoms with van der Waals surface area (Å²) < 4.78 is 1.81. The fraction of sp³-hybridized carbons (Fsp3) is 0.273. The standard InChI is InChI=1S/C11H12N4/c1-3-4-5-12-11-10-8-9(2)14-15(10)7-6-13-11/h6-8H,5H2,1-2H3,(H,12,13). The van der Waals surface area contributed by atoms with E-state index in [0.29, 0.717) is 6.54 Å². The summed E-state index contributed by atoms with van der Waals surface area (Å²) >= 11 is 0. The van der Waals surface area contributed by atoms with Crippen LogP contribution in [0.4, 0.5) is 5.82 Å². The molecule has 76 valence electrons. The number of hydrogen-bond acceptors (Lipinski definition) is 3. The highest BCUT2D eigenvalue weighted by Gasteiger charge is 2.03. The SMILES string of the molecule is CC#CCNc1nccn2nc(C)cc12. The maximum absolute atomic E-state index is 4.30. The van der Waals surface area contributed by atoms with Gasteiger partial charge in [0.05, 0.1) is 12.2 Å². The van der Waals surface area contributed by atoms with Crippen LogP contribution in [0.5, 0.6) is 0 Å². The second-order valence-corrected chi connectivity index (χ2v) is 3.17. The summed E-state index contributed by atoms with van der Waals surface area (Å²) in [4.78, 5) is 4.25. The average molecular weight is 200 g/mol. The Hall–Kier alpha value is -2.02. The van der Waals surface area contributed by atoms with Gasteiger partial charge in [-0.2, -0.15) is 5.10 Å². The molecule has 0 saturated heterocycles. The molecule has 0 spiro atoms. The Morgan fingerprint density at radius 2 is 2.40 bits per heavy atom. The normalized spacial score (nSPS) is 9.73. The van der Waals surface area contributed by atoms with Crippen molar-refractivity contribution in [2.24, 2.45) is 0 Å². The van der Waals surface area contributed by atoms with Gasteiger partial charge in [0, 0.05) is 12.4 Å². The van der Waals surface area contributed by atoms with E-state index in [4.69, 9.17) is 0 Å². The molecule has 1 N–H and O–H groups in total. The molecular formula is C11H12N4. The third-order valence-corrected chi connectivity index (χ3v) is 2.03. The van der Waals surface area contributed by atoms with Gasteiger partial charge in [-0.15, -0.1) is 5.92 Å². The summed E-state index contributed by atoms with van der Waals surface area (Å²) in [6.45, 7) is 4.38. The number of aromatic nitrogens is 3. The van der Waals surface area contributed by atoms with Crippen molar-refractivity contribution in [3.05, 3.63) is 24.2 Å². The molecule has 4 heteroatoms. The molecular weight excluding hydrogens is 188 g/mol. The summed E-state index contributed by atoms with van der Waals surface area (Å²) in [5, 5.41) is 7.46. The molecule has 0 aliphatic carbocycles. The van der Waals surface area contributed by atoms with Crippen molar-refractivity contribution in [3.63, 3.8) is 0 Å². The quantitative estimate of drug-likeness (QED) is 0.746. The van der Waals surface area contributed by atoms with Crippen LogP contribution in [0.25, 0.3) is 5.52 Å².